The van der Waals surface area contributed by atoms with Gasteiger partial charge in [0.25, 0.3) is 0 Å². The van der Waals surface area contributed by atoms with E-state index in [4.69, 9.17) is 15.0 Å². The van der Waals surface area contributed by atoms with Gasteiger partial charge in [0.1, 0.15) is 6.10 Å². The van der Waals surface area contributed by atoms with Gasteiger partial charge in [-0.15, -0.1) is 0 Å². The first-order chi connectivity index (χ1) is 8.85. The van der Waals surface area contributed by atoms with Crippen molar-refractivity contribution in [2.75, 3.05) is 13.7 Å². The van der Waals surface area contributed by atoms with E-state index in [2.05, 4.69) is 10.1 Å². The second-order valence-corrected chi connectivity index (χ2v) is 4.99. The van der Waals surface area contributed by atoms with Gasteiger partial charge < -0.3 is 15.0 Å². The predicted octanol–water partition coefficient (Wildman–Crippen LogP) is 2.23. The average Bonchev–Trinajstić information content (AvgIpc) is 3.10. The molecule has 1 heterocycles. The Morgan fingerprint density at radius 2 is 2.11 bits per heavy atom. The van der Waals surface area contributed by atoms with Crippen molar-refractivity contribution >= 4 is 0 Å². The predicted molar refractivity (Wildman–Crippen MR) is 68.0 cm³/mol. The molecule has 2 N–H and O–H groups in total. The zero-order valence-electron chi connectivity index (χ0n) is 11.1. The molecule has 0 saturated heterocycles. The summed E-state index contributed by atoms with van der Waals surface area (Å²) in [5.74, 6) is 2.04. The molecule has 1 atom stereocenters. The molecular formula is C13H23N3O2. The number of methoxy groups -OCH3 is 1. The van der Waals surface area contributed by atoms with Crippen LogP contribution in [-0.4, -0.2) is 23.8 Å². The second kappa shape index (κ2) is 6.85. The van der Waals surface area contributed by atoms with Gasteiger partial charge in [0.15, 0.2) is 0 Å². The SMILES string of the molecule is COC(c1noc(CCCCCCN)n1)C1CC1. The first-order valence-corrected chi connectivity index (χ1v) is 6.90. The highest BCUT2D eigenvalue weighted by Gasteiger charge is 2.35. The van der Waals surface area contributed by atoms with Gasteiger partial charge in [-0.05, 0) is 38.1 Å². The molecule has 1 saturated carbocycles. The summed E-state index contributed by atoms with van der Waals surface area (Å²) in [6.07, 6.45) is 7.85. The average molecular weight is 253 g/mol. The number of rotatable bonds is 9. The Bertz CT molecular complexity index is 350. The van der Waals surface area contributed by atoms with Crippen molar-refractivity contribution in [3.05, 3.63) is 11.7 Å². The Morgan fingerprint density at radius 3 is 2.78 bits per heavy atom. The molecule has 1 aromatic rings. The summed E-state index contributed by atoms with van der Waals surface area (Å²) in [5, 5.41) is 4.03. The van der Waals surface area contributed by atoms with Gasteiger partial charge in [-0.2, -0.15) is 4.98 Å². The van der Waals surface area contributed by atoms with E-state index in [1.807, 2.05) is 0 Å². The minimum absolute atomic E-state index is 0.0275. The number of ether oxygens (including phenoxy) is 1. The number of nitrogens with zero attached hydrogens (tertiary/aromatic N) is 2. The van der Waals surface area contributed by atoms with Crippen molar-refractivity contribution in [3.8, 4) is 0 Å². The van der Waals surface area contributed by atoms with E-state index >= 15 is 0 Å². The minimum atomic E-state index is 0.0275. The van der Waals surface area contributed by atoms with Crippen LogP contribution in [0.2, 0.25) is 0 Å². The summed E-state index contributed by atoms with van der Waals surface area (Å²) in [6.45, 7) is 0.779. The summed E-state index contributed by atoms with van der Waals surface area (Å²) in [4.78, 5) is 4.43. The molecule has 102 valence electrons. The van der Waals surface area contributed by atoms with E-state index in [9.17, 15) is 0 Å². The smallest absolute Gasteiger partial charge is 0.226 e. The van der Waals surface area contributed by atoms with Crippen LogP contribution in [0.5, 0.6) is 0 Å². The normalized spacial score (nSPS) is 17.0. The van der Waals surface area contributed by atoms with Gasteiger partial charge >= 0.3 is 0 Å². The van der Waals surface area contributed by atoms with Crippen LogP contribution < -0.4 is 5.73 Å². The van der Waals surface area contributed by atoms with Gasteiger partial charge in [0.2, 0.25) is 11.7 Å². The van der Waals surface area contributed by atoms with E-state index in [-0.39, 0.29) is 6.10 Å². The molecule has 0 aromatic carbocycles. The van der Waals surface area contributed by atoms with Crippen LogP contribution in [-0.2, 0) is 11.2 Å². The van der Waals surface area contributed by atoms with Crippen LogP contribution in [0.1, 0.15) is 56.3 Å². The standard InChI is InChI=1S/C13H23N3O2/c1-17-12(10-7-8-10)13-15-11(18-16-13)6-4-2-3-5-9-14/h10,12H,2-9,14H2,1H3. The summed E-state index contributed by atoms with van der Waals surface area (Å²) < 4.78 is 10.7. The van der Waals surface area contributed by atoms with E-state index < -0.39 is 0 Å². The summed E-state index contributed by atoms with van der Waals surface area (Å²) in [5.41, 5.74) is 5.45. The molecule has 1 fully saturated rings. The molecule has 1 aromatic heterocycles. The number of nitrogens with two attached hydrogens (primary N) is 1. The Kier molecular flexibility index (Phi) is 5.13. The molecule has 5 nitrogen and oxygen atoms in total. The molecule has 1 aliphatic rings. The van der Waals surface area contributed by atoms with E-state index in [0.29, 0.717) is 5.92 Å². The molecule has 0 radical (unpaired) electrons. The van der Waals surface area contributed by atoms with Crippen LogP contribution >= 0.6 is 0 Å². The molecule has 0 bridgehead atoms. The lowest BCUT2D eigenvalue weighted by Gasteiger charge is -2.08. The molecule has 0 amide bonds. The van der Waals surface area contributed by atoms with Crippen LogP contribution in [0.3, 0.4) is 0 Å². The molecule has 1 aliphatic carbocycles. The molecule has 0 aliphatic heterocycles. The number of unbranched alkanes of at least 4 members (excludes halogenated alkanes) is 3. The van der Waals surface area contributed by atoms with Gasteiger partial charge in [-0.25, -0.2) is 0 Å². The molecule has 0 spiro atoms. The Labute approximate surface area is 108 Å². The largest absolute Gasteiger partial charge is 0.373 e. The number of hydrogen-bond acceptors (Lipinski definition) is 5. The minimum Gasteiger partial charge on any atom is -0.373 e. The van der Waals surface area contributed by atoms with Crippen molar-refractivity contribution in [2.45, 2.75) is 51.0 Å². The van der Waals surface area contributed by atoms with Crippen LogP contribution in [0.15, 0.2) is 4.52 Å². The topological polar surface area (TPSA) is 74.2 Å². The third-order valence-corrected chi connectivity index (χ3v) is 3.39. The third-order valence-electron chi connectivity index (χ3n) is 3.39. The Hall–Kier alpha value is -0.940. The maximum absolute atomic E-state index is 5.45. The zero-order valence-corrected chi connectivity index (χ0v) is 11.1. The monoisotopic (exact) mass is 253 g/mol. The Balaban J connectivity index is 1.75. The first kappa shape index (κ1) is 13.5. The highest BCUT2D eigenvalue weighted by Crippen LogP contribution is 2.41. The summed E-state index contributed by atoms with van der Waals surface area (Å²) in [6, 6.07) is 0. The summed E-state index contributed by atoms with van der Waals surface area (Å²) in [7, 11) is 1.71. The number of hydrogen-bond donors (Lipinski definition) is 1. The highest BCUT2D eigenvalue weighted by atomic mass is 16.5. The highest BCUT2D eigenvalue weighted by molar-refractivity contribution is 4.98. The van der Waals surface area contributed by atoms with E-state index in [1.165, 1.54) is 25.7 Å². The van der Waals surface area contributed by atoms with Crippen molar-refractivity contribution in [3.63, 3.8) is 0 Å². The molecule has 1 unspecified atom stereocenters. The van der Waals surface area contributed by atoms with Gasteiger partial charge in [-0.1, -0.05) is 18.0 Å². The number of aryl methyl sites for hydroxylation is 1. The fourth-order valence-electron chi connectivity index (χ4n) is 2.17. The summed E-state index contributed by atoms with van der Waals surface area (Å²) >= 11 is 0. The lowest BCUT2D eigenvalue weighted by Crippen LogP contribution is -2.05. The fraction of sp³-hybridized carbons (Fsp3) is 0.846. The maximum atomic E-state index is 5.45. The zero-order chi connectivity index (χ0) is 12.8. The van der Waals surface area contributed by atoms with Crippen LogP contribution in [0.25, 0.3) is 0 Å². The van der Waals surface area contributed by atoms with Gasteiger partial charge in [0, 0.05) is 13.5 Å². The quantitative estimate of drug-likeness (QED) is 0.683. The van der Waals surface area contributed by atoms with E-state index in [1.54, 1.807) is 7.11 Å². The van der Waals surface area contributed by atoms with Crippen molar-refractivity contribution < 1.29 is 9.26 Å². The first-order valence-electron chi connectivity index (χ1n) is 6.90. The fourth-order valence-corrected chi connectivity index (χ4v) is 2.17. The maximum Gasteiger partial charge on any atom is 0.226 e. The Morgan fingerprint density at radius 1 is 1.33 bits per heavy atom. The van der Waals surface area contributed by atoms with Crippen molar-refractivity contribution in [1.29, 1.82) is 0 Å². The second-order valence-electron chi connectivity index (χ2n) is 4.99. The third kappa shape index (κ3) is 3.78. The van der Waals surface area contributed by atoms with E-state index in [0.717, 1.165) is 37.5 Å². The lowest BCUT2D eigenvalue weighted by molar-refractivity contribution is 0.0751. The molecular weight excluding hydrogens is 230 g/mol. The molecule has 18 heavy (non-hydrogen) atoms. The van der Waals surface area contributed by atoms with Crippen LogP contribution in [0.4, 0.5) is 0 Å². The lowest BCUT2D eigenvalue weighted by atomic mass is 10.1. The molecule has 5 heteroatoms. The molecule has 2 rings (SSSR count). The van der Waals surface area contributed by atoms with Gasteiger partial charge in [0.05, 0.1) is 0 Å². The van der Waals surface area contributed by atoms with Crippen molar-refractivity contribution in [2.24, 2.45) is 11.7 Å². The van der Waals surface area contributed by atoms with Gasteiger partial charge in [-0.3, -0.25) is 0 Å². The number of aromatic nitrogens is 2. The van der Waals surface area contributed by atoms with Crippen molar-refractivity contribution in [1.82, 2.24) is 10.1 Å². The van der Waals surface area contributed by atoms with Crippen LogP contribution in [0, 0.1) is 5.92 Å².